The van der Waals surface area contributed by atoms with Crippen LogP contribution in [0.15, 0.2) is 18.2 Å². The molecule has 0 spiro atoms. The van der Waals surface area contributed by atoms with E-state index in [0.29, 0.717) is 5.46 Å². The molecule has 1 heterocycles. The van der Waals surface area contributed by atoms with Crippen LogP contribution in [0.4, 0.5) is 18.9 Å². The Morgan fingerprint density at radius 1 is 1.08 bits per heavy atom. The zero-order valence-electron chi connectivity index (χ0n) is 15.6. The van der Waals surface area contributed by atoms with Gasteiger partial charge in [0.1, 0.15) is 0 Å². The summed E-state index contributed by atoms with van der Waals surface area (Å²) in [7, 11) is -4.85. The lowest BCUT2D eigenvalue weighted by atomic mass is 9.78. The van der Waals surface area contributed by atoms with Crippen LogP contribution in [-0.4, -0.2) is 32.0 Å². The van der Waals surface area contributed by atoms with Crippen LogP contribution in [0.1, 0.15) is 47.1 Å². The highest BCUT2D eigenvalue weighted by Crippen LogP contribution is 2.38. The van der Waals surface area contributed by atoms with Crippen molar-refractivity contribution in [3.8, 4) is 0 Å². The predicted molar refractivity (Wildman–Crippen MR) is 94.8 cm³/mol. The minimum atomic E-state index is -4.71. The molecule has 1 N–H and O–H groups in total. The lowest BCUT2D eigenvalue weighted by molar-refractivity contribution is -0.136. The maximum absolute atomic E-state index is 13.3. The predicted octanol–water partition coefficient (Wildman–Crippen LogP) is 3.15. The van der Waals surface area contributed by atoms with Crippen LogP contribution in [0.3, 0.4) is 0 Å². The molecule has 0 amide bonds. The smallest absolute Gasteiger partial charge is 0.399 e. The molecule has 1 saturated heterocycles. The van der Waals surface area contributed by atoms with E-state index in [9.17, 15) is 21.6 Å². The normalized spacial score (nSPS) is 19.8. The van der Waals surface area contributed by atoms with Gasteiger partial charge in [0, 0.05) is 0 Å². The Balaban J connectivity index is 2.48. The minimum absolute atomic E-state index is 0.304. The van der Waals surface area contributed by atoms with Gasteiger partial charge in [0.15, 0.2) is 0 Å². The molecule has 1 aromatic carbocycles. The summed E-state index contributed by atoms with van der Waals surface area (Å²) in [4.78, 5) is 0. The summed E-state index contributed by atoms with van der Waals surface area (Å²) in [6, 6.07) is 3.18. The fourth-order valence-corrected chi connectivity index (χ4v) is 3.00. The van der Waals surface area contributed by atoms with E-state index in [1.807, 2.05) is 32.4 Å². The second-order valence-electron chi connectivity index (χ2n) is 7.59. The van der Waals surface area contributed by atoms with Crippen LogP contribution in [0.25, 0.3) is 0 Å². The maximum Gasteiger partial charge on any atom is 0.494 e. The van der Waals surface area contributed by atoms with Gasteiger partial charge in [-0.1, -0.05) is 6.07 Å². The highest BCUT2D eigenvalue weighted by Gasteiger charge is 2.52. The molecule has 0 aliphatic carbocycles. The standard InChI is InChI=1S/C16H23BF3NO4S/c1-10(2)26(22,23)21-13-9-11(7-8-12(13)16(18,19)20)17-24-14(3,4)15(5,6)25-17/h7-10,21H,1-6H3. The number of rotatable bonds is 4. The third-order valence-electron chi connectivity index (χ3n) is 4.75. The second-order valence-corrected chi connectivity index (χ2v) is 9.82. The van der Waals surface area contributed by atoms with Crippen molar-refractivity contribution in [3.63, 3.8) is 0 Å². The number of nitrogens with one attached hydrogen (secondary N) is 1. The first-order valence-corrected chi connectivity index (χ1v) is 9.70. The van der Waals surface area contributed by atoms with Gasteiger partial charge in [-0.25, -0.2) is 8.42 Å². The molecule has 0 atom stereocenters. The van der Waals surface area contributed by atoms with Gasteiger partial charge in [-0.2, -0.15) is 13.2 Å². The van der Waals surface area contributed by atoms with Crippen LogP contribution in [0, 0.1) is 0 Å². The van der Waals surface area contributed by atoms with E-state index in [0.717, 1.165) is 12.1 Å². The molecule has 1 aliphatic rings. The molecule has 0 aromatic heterocycles. The van der Waals surface area contributed by atoms with Gasteiger partial charge in [0.25, 0.3) is 0 Å². The molecule has 0 unspecified atom stereocenters. The Bertz CT molecular complexity index is 775. The summed E-state index contributed by atoms with van der Waals surface area (Å²) < 4.78 is 77.7. The third kappa shape index (κ3) is 4.02. The van der Waals surface area contributed by atoms with Crippen molar-refractivity contribution in [2.45, 2.75) is 64.2 Å². The Labute approximate surface area is 152 Å². The monoisotopic (exact) mass is 393 g/mol. The average molecular weight is 393 g/mol. The van der Waals surface area contributed by atoms with Crippen molar-refractivity contribution in [3.05, 3.63) is 23.8 Å². The van der Waals surface area contributed by atoms with Gasteiger partial charge in [0.2, 0.25) is 10.0 Å². The van der Waals surface area contributed by atoms with Crippen molar-refractivity contribution in [1.29, 1.82) is 0 Å². The minimum Gasteiger partial charge on any atom is -0.399 e. The fraction of sp³-hybridized carbons (Fsp3) is 0.625. The summed E-state index contributed by atoms with van der Waals surface area (Å²) >= 11 is 0. The van der Waals surface area contributed by atoms with Gasteiger partial charge >= 0.3 is 13.3 Å². The Kier molecular flexibility index (Phi) is 5.20. The second kappa shape index (κ2) is 6.42. The molecule has 10 heteroatoms. The topological polar surface area (TPSA) is 64.6 Å². The number of hydrogen-bond acceptors (Lipinski definition) is 4. The van der Waals surface area contributed by atoms with Gasteiger partial charge < -0.3 is 9.31 Å². The number of anilines is 1. The van der Waals surface area contributed by atoms with Gasteiger partial charge in [-0.15, -0.1) is 0 Å². The zero-order chi connectivity index (χ0) is 20.1. The van der Waals surface area contributed by atoms with Crippen molar-refractivity contribution in [1.82, 2.24) is 0 Å². The van der Waals surface area contributed by atoms with E-state index in [2.05, 4.69) is 0 Å². The summed E-state index contributed by atoms with van der Waals surface area (Å²) in [5, 5.41) is -0.885. The zero-order valence-corrected chi connectivity index (χ0v) is 16.4. The third-order valence-corrected chi connectivity index (χ3v) is 6.49. The fourth-order valence-electron chi connectivity index (χ4n) is 2.29. The molecule has 0 radical (unpaired) electrons. The highest BCUT2D eigenvalue weighted by molar-refractivity contribution is 7.93. The van der Waals surface area contributed by atoms with Crippen LogP contribution >= 0.6 is 0 Å². The SMILES string of the molecule is CC(C)S(=O)(=O)Nc1cc(B2OC(C)(C)C(C)(C)O2)ccc1C(F)(F)F. The summed E-state index contributed by atoms with van der Waals surface area (Å²) in [6.07, 6.45) is -4.71. The average Bonchev–Trinajstić information content (AvgIpc) is 2.65. The van der Waals surface area contributed by atoms with E-state index >= 15 is 0 Å². The number of hydrogen-bond donors (Lipinski definition) is 1. The first-order chi connectivity index (χ1) is 11.6. The Hall–Kier alpha value is -1.26. The first-order valence-electron chi connectivity index (χ1n) is 8.15. The van der Waals surface area contributed by atoms with E-state index in [4.69, 9.17) is 9.31 Å². The molecule has 146 valence electrons. The number of alkyl halides is 3. The molecule has 1 aromatic rings. The molecule has 5 nitrogen and oxygen atoms in total. The molecule has 0 bridgehead atoms. The van der Waals surface area contributed by atoms with E-state index < -0.39 is 51.0 Å². The van der Waals surface area contributed by atoms with E-state index in [1.54, 1.807) is 0 Å². The van der Waals surface area contributed by atoms with E-state index in [-0.39, 0.29) is 0 Å². The lowest BCUT2D eigenvalue weighted by Crippen LogP contribution is -2.41. The highest BCUT2D eigenvalue weighted by atomic mass is 32.2. The van der Waals surface area contributed by atoms with Gasteiger partial charge in [-0.05, 0) is 59.1 Å². The van der Waals surface area contributed by atoms with Crippen LogP contribution < -0.4 is 10.2 Å². The summed E-state index contributed by atoms with van der Waals surface area (Å²) in [5.41, 5.74) is -2.64. The van der Waals surface area contributed by atoms with Crippen LogP contribution in [-0.2, 0) is 25.5 Å². The number of halogens is 3. The largest absolute Gasteiger partial charge is 0.494 e. The van der Waals surface area contributed by atoms with Crippen LogP contribution in [0.2, 0.25) is 0 Å². The summed E-state index contributed by atoms with van der Waals surface area (Å²) in [5.74, 6) is 0. The quantitative estimate of drug-likeness (QED) is 0.799. The molecule has 0 saturated carbocycles. The van der Waals surface area contributed by atoms with Crippen LogP contribution in [0.5, 0.6) is 0 Å². The Morgan fingerprint density at radius 3 is 2.00 bits per heavy atom. The van der Waals surface area contributed by atoms with Gasteiger partial charge in [-0.3, -0.25) is 4.72 Å². The van der Waals surface area contributed by atoms with Crippen molar-refractivity contribution >= 4 is 28.3 Å². The molecule has 26 heavy (non-hydrogen) atoms. The molecule has 1 fully saturated rings. The summed E-state index contributed by atoms with van der Waals surface area (Å²) in [6.45, 7) is 10.0. The van der Waals surface area contributed by atoms with E-state index in [1.165, 1.54) is 19.9 Å². The Morgan fingerprint density at radius 2 is 1.58 bits per heavy atom. The molecular weight excluding hydrogens is 370 g/mol. The van der Waals surface area contributed by atoms with Crippen molar-refractivity contribution in [2.75, 3.05) is 4.72 Å². The molecule has 1 aliphatic heterocycles. The van der Waals surface area contributed by atoms with Crippen molar-refractivity contribution < 1.29 is 30.9 Å². The molecular formula is C16H23BF3NO4S. The number of sulfonamides is 1. The maximum atomic E-state index is 13.3. The lowest BCUT2D eigenvalue weighted by Gasteiger charge is -2.32. The number of benzene rings is 1. The van der Waals surface area contributed by atoms with Gasteiger partial charge in [0.05, 0.1) is 27.7 Å². The molecule has 2 rings (SSSR count). The van der Waals surface area contributed by atoms with Crippen molar-refractivity contribution in [2.24, 2.45) is 0 Å². The first kappa shape index (κ1) is 21.0.